The van der Waals surface area contributed by atoms with E-state index < -0.39 is 24.4 Å². The van der Waals surface area contributed by atoms with Gasteiger partial charge in [-0.1, -0.05) is 11.8 Å². The van der Waals surface area contributed by atoms with Crippen molar-refractivity contribution in [3.05, 3.63) is 17.3 Å². The predicted molar refractivity (Wildman–Crippen MR) is 90.4 cm³/mol. The summed E-state index contributed by atoms with van der Waals surface area (Å²) in [5.41, 5.74) is 11.9. The fourth-order valence-electron chi connectivity index (χ4n) is 2.61. The van der Waals surface area contributed by atoms with Crippen molar-refractivity contribution in [1.82, 2.24) is 4.98 Å². The molecule has 2 atom stereocenters. The molecule has 0 bridgehead atoms. The highest BCUT2D eigenvalue weighted by atomic mass is 32.2. The predicted octanol–water partition coefficient (Wildman–Crippen LogP) is 2.02. The van der Waals surface area contributed by atoms with Crippen LogP contribution in [0.1, 0.15) is 31.0 Å². The number of aryl methyl sites for hydroxylation is 2. The van der Waals surface area contributed by atoms with Crippen molar-refractivity contribution in [2.75, 3.05) is 10.7 Å². The molecule has 3 rings (SSSR count). The van der Waals surface area contributed by atoms with Gasteiger partial charge in [0.2, 0.25) is 5.91 Å². The molecule has 1 fully saturated rings. The fourth-order valence-corrected chi connectivity index (χ4v) is 3.60. The molecule has 1 aromatic heterocycles. The molecule has 1 aliphatic carbocycles. The Bertz CT molecular complexity index is 583. The molecule has 2 amide bonds. The first-order valence-corrected chi connectivity index (χ1v) is 8.79. The van der Waals surface area contributed by atoms with Crippen molar-refractivity contribution in [2.45, 2.75) is 51.1 Å². The highest BCUT2D eigenvalue weighted by Gasteiger charge is 2.40. The van der Waals surface area contributed by atoms with Crippen LogP contribution in [-0.4, -0.2) is 40.4 Å². The Morgan fingerprint density at radius 1 is 1.42 bits per heavy atom. The number of carbonyl (C=O) groups excluding carboxylic acids is 2. The zero-order chi connectivity index (χ0) is 17.9. The number of nitrogens with zero attached hydrogens (tertiary/aromatic N) is 1. The van der Waals surface area contributed by atoms with Crippen LogP contribution in [0.4, 0.5) is 19.4 Å². The Kier molecular flexibility index (Phi) is 6.22. The number of aromatic amines is 1. The van der Waals surface area contributed by atoms with Gasteiger partial charge in [-0.05, 0) is 44.2 Å². The lowest BCUT2D eigenvalue weighted by Gasteiger charge is -2.21. The average Bonchev–Trinajstić information content (AvgIpc) is 3.10. The minimum absolute atomic E-state index is 0.167. The Morgan fingerprint density at radius 2 is 2.04 bits per heavy atom. The third kappa shape index (κ3) is 4.27. The smallest absolute Gasteiger partial charge is 0.287 e. The minimum Gasteiger partial charge on any atom is -0.368 e. The van der Waals surface area contributed by atoms with Crippen LogP contribution in [-0.2, 0) is 17.6 Å². The maximum atomic E-state index is 12.9. The normalized spacial score (nSPS) is 21.3. The van der Waals surface area contributed by atoms with Gasteiger partial charge in [-0.25, -0.2) is 8.78 Å². The highest BCUT2D eigenvalue weighted by molar-refractivity contribution is 8.14. The maximum absolute atomic E-state index is 12.9. The second kappa shape index (κ2) is 7.98. The van der Waals surface area contributed by atoms with Crippen molar-refractivity contribution < 1.29 is 18.4 Å². The van der Waals surface area contributed by atoms with Crippen LogP contribution in [0.3, 0.4) is 0 Å². The largest absolute Gasteiger partial charge is 0.368 e. The van der Waals surface area contributed by atoms with Gasteiger partial charge in [-0.15, -0.1) is 0 Å². The molecular weight excluding hydrogens is 338 g/mol. The molecule has 0 radical (unpaired) electrons. The average molecular weight is 360 g/mol. The number of hydrogen-bond acceptors (Lipinski definition) is 4. The molecule has 1 saturated heterocycles. The molecule has 2 aliphatic rings. The summed E-state index contributed by atoms with van der Waals surface area (Å²) in [5.74, 6) is 0.248. The summed E-state index contributed by atoms with van der Waals surface area (Å²) in [5, 5.41) is -0.279. The summed E-state index contributed by atoms with van der Waals surface area (Å²) < 4.78 is 25.8. The summed E-state index contributed by atoms with van der Waals surface area (Å²) >= 11 is 0.970. The van der Waals surface area contributed by atoms with Gasteiger partial charge in [0.15, 0.2) is 0 Å². The number of nitrogens with two attached hydrogens (primary N) is 2. The lowest BCUT2D eigenvalue weighted by molar-refractivity contribution is -0.118. The van der Waals surface area contributed by atoms with Crippen LogP contribution < -0.4 is 16.4 Å². The first-order chi connectivity index (χ1) is 11.3. The molecule has 2 heterocycles. The van der Waals surface area contributed by atoms with E-state index in [0.29, 0.717) is 5.82 Å². The zero-order valence-corrected chi connectivity index (χ0v) is 14.2. The number of nitrogens with one attached hydrogen (secondary N) is 1. The molecule has 0 saturated carbocycles. The van der Waals surface area contributed by atoms with Crippen molar-refractivity contribution >= 4 is 28.7 Å². The number of thioether (sulfide) groups is 1. The van der Waals surface area contributed by atoms with E-state index in [2.05, 4.69) is 10.7 Å². The molecule has 0 aromatic carbocycles. The van der Waals surface area contributed by atoms with Gasteiger partial charge in [0.25, 0.3) is 11.7 Å². The number of halogens is 2. The molecule has 0 unspecified atom stereocenters. The van der Waals surface area contributed by atoms with Crippen LogP contribution in [0.25, 0.3) is 0 Å². The van der Waals surface area contributed by atoms with Gasteiger partial charge in [0, 0.05) is 11.4 Å². The van der Waals surface area contributed by atoms with Gasteiger partial charge in [0.1, 0.15) is 11.9 Å². The van der Waals surface area contributed by atoms with E-state index in [1.165, 1.54) is 10.5 Å². The van der Waals surface area contributed by atoms with Gasteiger partial charge >= 0.3 is 0 Å². The number of fused-ring (bicyclic) bond motifs is 1. The third-order valence-electron chi connectivity index (χ3n) is 4.01. The SMILES string of the molecule is C[C@H](N)C(N)=O.O=C1SC[C@@H](C(F)F)N1c1cc2c([nH]1)CCCC2. The van der Waals surface area contributed by atoms with Crippen molar-refractivity contribution in [1.29, 1.82) is 0 Å². The number of anilines is 1. The van der Waals surface area contributed by atoms with Crippen molar-refractivity contribution in [3.63, 3.8) is 0 Å². The second-order valence-electron chi connectivity index (χ2n) is 5.91. The van der Waals surface area contributed by atoms with Crippen LogP contribution in [0.2, 0.25) is 0 Å². The summed E-state index contributed by atoms with van der Waals surface area (Å²) in [6, 6.07) is 0.362. The van der Waals surface area contributed by atoms with Crippen molar-refractivity contribution in [3.8, 4) is 0 Å². The van der Waals surface area contributed by atoms with E-state index >= 15 is 0 Å². The Hall–Kier alpha value is -1.61. The van der Waals surface area contributed by atoms with Gasteiger partial charge in [0.05, 0.1) is 6.04 Å². The van der Waals surface area contributed by atoms with Crippen molar-refractivity contribution in [2.24, 2.45) is 11.5 Å². The number of hydrogen-bond donors (Lipinski definition) is 3. The van der Waals surface area contributed by atoms with E-state index in [4.69, 9.17) is 5.73 Å². The van der Waals surface area contributed by atoms with Crippen LogP contribution in [0, 0.1) is 0 Å². The summed E-state index contributed by atoms with van der Waals surface area (Å²) in [4.78, 5) is 25.9. The minimum atomic E-state index is -2.50. The summed E-state index contributed by atoms with van der Waals surface area (Å²) in [6.07, 6.45) is 1.67. The molecule has 1 aromatic rings. The van der Waals surface area contributed by atoms with E-state index in [0.717, 1.165) is 43.1 Å². The molecular formula is C15H22F2N4O2S. The Balaban J connectivity index is 0.000000301. The number of alkyl halides is 2. The fraction of sp³-hybridized carbons (Fsp3) is 0.600. The highest BCUT2D eigenvalue weighted by Crippen LogP contribution is 2.34. The summed E-state index contributed by atoms with van der Waals surface area (Å²) in [6.45, 7) is 1.54. The lowest BCUT2D eigenvalue weighted by atomic mass is 9.98. The number of rotatable bonds is 3. The monoisotopic (exact) mass is 360 g/mol. The van der Waals surface area contributed by atoms with Crippen LogP contribution in [0.15, 0.2) is 6.07 Å². The quantitative estimate of drug-likeness (QED) is 0.767. The number of H-pyrrole nitrogens is 1. The molecule has 0 spiro atoms. The first-order valence-electron chi connectivity index (χ1n) is 7.81. The molecule has 9 heteroatoms. The zero-order valence-electron chi connectivity index (χ0n) is 13.4. The maximum Gasteiger partial charge on any atom is 0.287 e. The number of primary amides is 1. The molecule has 5 N–H and O–H groups in total. The Labute approximate surface area is 143 Å². The number of aromatic nitrogens is 1. The van der Waals surface area contributed by atoms with E-state index in [9.17, 15) is 18.4 Å². The van der Waals surface area contributed by atoms with Gasteiger partial charge in [-0.3, -0.25) is 14.5 Å². The topological polar surface area (TPSA) is 105 Å². The standard InChI is InChI=1S/C12H14F2N2OS.C3H8N2O/c13-11(14)9-6-18-12(17)16(9)10-5-7-3-1-2-4-8(7)15-10;1-2(4)3(5)6/h5,9,11,15H,1-4,6H2;2H,4H2,1H3,(H2,5,6)/t9-;2-/m00/s1. The second-order valence-corrected chi connectivity index (χ2v) is 6.88. The number of carbonyl (C=O) groups is 2. The number of amides is 2. The third-order valence-corrected chi connectivity index (χ3v) is 4.96. The molecule has 134 valence electrons. The van der Waals surface area contributed by atoms with Gasteiger partial charge < -0.3 is 16.5 Å². The molecule has 1 aliphatic heterocycles. The first kappa shape index (κ1) is 18.7. The van der Waals surface area contributed by atoms with E-state index in [1.807, 2.05) is 6.07 Å². The Morgan fingerprint density at radius 3 is 2.58 bits per heavy atom. The molecule has 24 heavy (non-hydrogen) atoms. The van der Waals surface area contributed by atoms with E-state index in [1.54, 1.807) is 6.92 Å². The van der Waals surface area contributed by atoms with E-state index in [-0.39, 0.29) is 11.0 Å². The lowest BCUT2D eigenvalue weighted by Crippen LogP contribution is -2.38. The summed E-state index contributed by atoms with van der Waals surface area (Å²) in [7, 11) is 0. The molecule has 6 nitrogen and oxygen atoms in total. The van der Waals surface area contributed by atoms with Crippen LogP contribution >= 0.6 is 11.8 Å². The van der Waals surface area contributed by atoms with Gasteiger partial charge in [-0.2, -0.15) is 0 Å². The van der Waals surface area contributed by atoms with Crippen LogP contribution in [0.5, 0.6) is 0 Å².